The summed E-state index contributed by atoms with van der Waals surface area (Å²) in [6.45, 7) is 5.15. The summed E-state index contributed by atoms with van der Waals surface area (Å²) in [5, 5.41) is 11.9. The van der Waals surface area contributed by atoms with Gasteiger partial charge in [-0.15, -0.1) is 11.3 Å². The zero-order valence-electron chi connectivity index (χ0n) is 10.6. The van der Waals surface area contributed by atoms with Crippen molar-refractivity contribution >= 4 is 34.9 Å². The SMILES string of the molecule is CCCCNC(=S)N(C)N=Cc1sccc1C. The van der Waals surface area contributed by atoms with Crippen LogP contribution >= 0.6 is 23.6 Å². The quantitative estimate of drug-likeness (QED) is 0.385. The molecule has 0 aromatic carbocycles. The van der Waals surface area contributed by atoms with E-state index in [9.17, 15) is 0 Å². The second-order valence-electron chi connectivity index (χ2n) is 3.82. The lowest BCUT2D eigenvalue weighted by Gasteiger charge is -2.15. The van der Waals surface area contributed by atoms with Gasteiger partial charge in [0.05, 0.1) is 6.21 Å². The van der Waals surface area contributed by atoms with E-state index in [1.165, 1.54) is 10.4 Å². The smallest absolute Gasteiger partial charge is 0.189 e. The van der Waals surface area contributed by atoms with Crippen LogP contribution in [0.1, 0.15) is 30.2 Å². The molecule has 0 fully saturated rings. The molecule has 0 amide bonds. The van der Waals surface area contributed by atoms with Gasteiger partial charge in [0, 0.05) is 18.5 Å². The number of hydrogen-bond donors (Lipinski definition) is 1. The van der Waals surface area contributed by atoms with E-state index < -0.39 is 0 Å². The number of unbranched alkanes of at least 4 members (excludes halogenated alkanes) is 1. The first-order chi connectivity index (χ1) is 8.15. The number of nitrogens with one attached hydrogen (secondary N) is 1. The lowest BCUT2D eigenvalue weighted by molar-refractivity contribution is 0.530. The first kappa shape index (κ1) is 14.1. The number of thiocarbonyl (C=S) groups is 1. The first-order valence-electron chi connectivity index (χ1n) is 5.74. The minimum atomic E-state index is 0.670. The standard InChI is InChI=1S/C12H19N3S2/c1-4-5-7-13-12(16)15(3)14-9-11-10(2)6-8-17-11/h6,8-9H,4-5,7H2,1-3H3,(H,13,16). The molecule has 1 aromatic heterocycles. The van der Waals surface area contributed by atoms with Gasteiger partial charge in [-0.3, -0.25) is 0 Å². The summed E-state index contributed by atoms with van der Waals surface area (Å²) in [6, 6.07) is 2.09. The molecule has 0 aliphatic heterocycles. The highest BCUT2D eigenvalue weighted by Crippen LogP contribution is 2.12. The average molecular weight is 269 g/mol. The molecule has 3 nitrogen and oxygen atoms in total. The molecule has 0 saturated carbocycles. The normalized spacial score (nSPS) is 10.8. The van der Waals surface area contributed by atoms with Crippen molar-refractivity contribution in [3.05, 3.63) is 21.9 Å². The largest absolute Gasteiger partial charge is 0.361 e. The number of hydrazone groups is 1. The Morgan fingerprint density at radius 1 is 1.65 bits per heavy atom. The van der Waals surface area contributed by atoms with Crippen molar-refractivity contribution in [1.29, 1.82) is 0 Å². The van der Waals surface area contributed by atoms with Crippen LogP contribution in [-0.2, 0) is 0 Å². The van der Waals surface area contributed by atoms with Gasteiger partial charge in [-0.1, -0.05) is 13.3 Å². The molecule has 0 unspecified atom stereocenters. The summed E-state index contributed by atoms with van der Waals surface area (Å²) in [4.78, 5) is 1.17. The van der Waals surface area contributed by atoms with Crippen molar-refractivity contribution < 1.29 is 0 Å². The Morgan fingerprint density at radius 2 is 2.41 bits per heavy atom. The van der Waals surface area contributed by atoms with E-state index in [0.717, 1.165) is 19.4 Å². The predicted molar refractivity (Wildman–Crippen MR) is 79.9 cm³/mol. The zero-order chi connectivity index (χ0) is 12.7. The molecular weight excluding hydrogens is 250 g/mol. The molecule has 1 rings (SSSR count). The minimum absolute atomic E-state index is 0.670. The van der Waals surface area contributed by atoms with E-state index in [4.69, 9.17) is 12.2 Å². The fraction of sp³-hybridized carbons (Fsp3) is 0.500. The Kier molecular flexibility index (Phi) is 6.15. The van der Waals surface area contributed by atoms with Crippen molar-refractivity contribution in [3.8, 4) is 0 Å². The van der Waals surface area contributed by atoms with Crippen molar-refractivity contribution in [2.24, 2.45) is 5.10 Å². The zero-order valence-corrected chi connectivity index (χ0v) is 12.2. The van der Waals surface area contributed by atoms with Gasteiger partial charge in [0.15, 0.2) is 5.11 Å². The van der Waals surface area contributed by atoms with E-state index >= 15 is 0 Å². The van der Waals surface area contributed by atoms with Gasteiger partial charge in [0.2, 0.25) is 0 Å². The molecule has 0 aliphatic rings. The lowest BCUT2D eigenvalue weighted by atomic mass is 10.3. The summed E-state index contributed by atoms with van der Waals surface area (Å²) in [7, 11) is 1.86. The average Bonchev–Trinajstić information content (AvgIpc) is 2.72. The molecule has 0 radical (unpaired) electrons. The topological polar surface area (TPSA) is 27.6 Å². The van der Waals surface area contributed by atoms with Gasteiger partial charge in [0.1, 0.15) is 0 Å². The summed E-state index contributed by atoms with van der Waals surface area (Å²) in [6.07, 6.45) is 4.15. The summed E-state index contributed by atoms with van der Waals surface area (Å²) in [5.74, 6) is 0. The third-order valence-corrected chi connectivity index (χ3v) is 3.71. The maximum Gasteiger partial charge on any atom is 0.189 e. The van der Waals surface area contributed by atoms with Gasteiger partial charge in [0.25, 0.3) is 0 Å². The van der Waals surface area contributed by atoms with E-state index in [1.807, 2.05) is 13.3 Å². The Morgan fingerprint density at radius 3 is 3.00 bits per heavy atom. The molecular formula is C12H19N3S2. The van der Waals surface area contributed by atoms with Crippen molar-refractivity contribution in [2.45, 2.75) is 26.7 Å². The summed E-state index contributed by atoms with van der Waals surface area (Å²) < 4.78 is 0. The molecule has 0 spiro atoms. The molecule has 1 N–H and O–H groups in total. The molecule has 1 aromatic rings. The molecule has 94 valence electrons. The summed E-state index contributed by atoms with van der Waals surface area (Å²) >= 11 is 6.91. The molecule has 1 heterocycles. The Hall–Kier alpha value is -0.940. The van der Waals surface area contributed by atoms with Crippen LogP contribution in [0.25, 0.3) is 0 Å². The van der Waals surface area contributed by atoms with Crippen LogP contribution < -0.4 is 5.32 Å². The molecule has 5 heteroatoms. The molecule has 17 heavy (non-hydrogen) atoms. The molecule has 0 saturated heterocycles. The molecule has 0 aliphatic carbocycles. The van der Waals surface area contributed by atoms with Crippen LogP contribution in [0.2, 0.25) is 0 Å². The third kappa shape index (κ3) is 4.83. The highest BCUT2D eigenvalue weighted by Gasteiger charge is 2.01. The molecule has 0 bridgehead atoms. The van der Waals surface area contributed by atoms with E-state index in [1.54, 1.807) is 16.3 Å². The Bertz CT molecular complexity index is 385. The van der Waals surface area contributed by atoms with E-state index in [-0.39, 0.29) is 0 Å². The van der Waals surface area contributed by atoms with Gasteiger partial charge in [-0.2, -0.15) is 5.10 Å². The maximum absolute atomic E-state index is 5.22. The number of nitrogens with zero attached hydrogens (tertiary/aromatic N) is 2. The van der Waals surface area contributed by atoms with Crippen LogP contribution in [0.5, 0.6) is 0 Å². The minimum Gasteiger partial charge on any atom is -0.361 e. The third-order valence-electron chi connectivity index (χ3n) is 2.35. The fourth-order valence-electron chi connectivity index (χ4n) is 1.19. The Balaban J connectivity index is 2.43. The monoisotopic (exact) mass is 269 g/mol. The highest BCUT2D eigenvalue weighted by molar-refractivity contribution is 7.80. The van der Waals surface area contributed by atoms with Crippen LogP contribution in [-0.4, -0.2) is 29.9 Å². The van der Waals surface area contributed by atoms with Crippen molar-refractivity contribution in [3.63, 3.8) is 0 Å². The number of rotatable bonds is 5. The number of hydrogen-bond acceptors (Lipinski definition) is 3. The van der Waals surface area contributed by atoms with Gasteiger partial charge < -0.3 is 5.32 Å². The van der Waals surface area contributed by atoms with Gasteiger partial charge in [-0.05, 0) is 42.6 Å². The van der Waals surface area contributed by atoms with Crippen LogP contribution in [0.4, 0.5) is 0 Å². The van der Waals surface area contributed by atoms with Crippen LogP contribution in [0.3, 0.4) is 0 Å². The molecule has 0 atom stereocenters. The van der Waals surface area contributed by atoms with Crippen LogP contribution in [0.15, 0.2) is 16.5 Å². The van der Waals surface area contributed by atoms with Gasteiger partial charge >= 0.3 is 0 Å². The van der Waals surface area contributed by atoms with Crippen molar-refractivity contribution in [1.82, 2.24) is 10.3 Å². The predicted octanol–water partition coefficient (Wildman–Crippen LogP) is 3.00. The van der Waals surface area contributed by atoms with Crippen molar-refractivity contribution in [2.75, 3.05) is 13.6 Å². The maximum atomic E-state index is 5.22. The van der Waals surface area contributed by atoms with Gasteiger partial charge in [-0.25, -0.2) is 5.01 Å². The van der Waals surface area contributed by atoms with E-state index in [0.29, 0.717) is 5.11 Å². The first-order valence-corrected chi connectivity index (χ1v) is 7.03. The Labute approximate surface area is 113 Å². The highest BCUT2D eigenvalue weighted by atomic mass is 32.1. The second kappa shape index (κ2) is 7.40. The summed E-state index contributed by atoms with van der Waals surface area (Å²) in [5.41, 5.74) is 1.25. The fourth-order valence-corrected chi connectivity index (χ4v) is 2.12. The van der Waals surface area contributed by atoms with Crippen LogP contribution in [0, 0.1) is 6.92 Å². The second-order valence-corrected chi connectivity index (χ2v) is 5.16. The van der Waals surface area contributed by atoms with E-state index in [2.05, 4.69) is 35.7 Å². The number of aryl methyl sites for hydroxylation is 1. The lowest BCUT2D eigenvalue weighted by Crippen LogP contribution is -2.34. The number of thiophene rings is 1.